The number of carbonyl (C=O) groups is 1. The van der Waals surface area contributed by atoms with Gasteiger partial charge < -0.3 is 18.9 Å². The number of Topliss-reactive ketones (excluding diaryl/α,β-unsaturated/α-hetero) is 1. The number of rotatable bonds is 12. The average molecular weight is 561 g/mol. The van der Waals surface area contributed by atoms with Crippen molar-refractivity contribution in [3.05, 3.63) is 70.8 Å². The Hall–Kier alpha value is -2.97. The highest BCUT2D eigenvalue weighted by Gasteiger charge is 2.20. The molecule has 1 saturated carbocycles. The van der Waals surface area contributed by atoms with Crippen molar-refractivity contribution in [3.63, 3.8) is 0 Å². The van der Waals surface area contributed by atoms with E-state index in [1.807, 2.05) is 60.7 Å². The van der Waals surface area contributed by atoms with Gasteiger partial charge in [-0.25, -0.2) is 0 Å². The molecule has 5 rings (SSSR count). The lowest BCUT2D eigenvalue weighted by molar-refractivity contribution is -0.112. The van der Waals surface area contributed by atoms with Crippen LogP contribution >= 0.6 is 0 Å². The Morgan fingerprint density at radius 3 is 1.46 bits per heavy atom. The summed E-state index contributed by atoms with van der Waals surface area (Å²) < 4.78 is 22.7. The highest BCUT2D eigenvalue weighted by molar-refractivity contribution is 6.13. The van der Waals surface area contributed by atoms with E-state index in [4.69, 9.17) is 18.9 Å². The maximum atomic E-state index is 13.3. The van der Waals surface area contributed by atoms with Crippen LogP contribution in [0.1, 0.15) is 43.2 Å². The first kappa shape index (κ1) is 29.5. The van der Waals surface area contributed by atoms with Crippen molar-refractivity contribution in [1.29, 1.82) is 0 Å². The quantitative estimate of drug-likeness (QED) is 0.264. The predicted octanol–water partition coefficient (Wildman–Crippen LogP) is 5.11. The molecule has 3 aliphatic rings. The van der Waals surface area contributed by atoms with Crippen molar-refractivity contribution in [2.45, 2.75) is 32.1 Å². The minimum atomic E-state index is 0.156. The van der Waals surface area contributed by atoms with E-state index in [0.29, 0.717) is 13.2 Å². The van der Waals surface area contributed by atoms with E-state index in [-0.39, 0.29) is 5.78 Å². The monoisotopic (exact) mass is 560 g/mol. The van der Waals surface area contributed by atoms with Crippen molar-refractivity contribution >= 4 is 17.9 Å². The molecule has 0 amide bonds. The van der Waals surface area contributed by atoms with Gasteiger partial charge in [0.05, 0.1) is 39.6 Å². The molecule has 2 saturated heterocycles. The summed E-state index contributed by atoms with van der Waals surface area (Å²) in [7, 11) is 0. The van der Waals surface area contributed by atoms with E-state index in [1.54, 1.807) is 0 Å². The van der Waals surface area contributed by atoms with Gasteiger partial charge >= 0.3 is 0 Å². The fourth-order valence-electron chi connectivity index (χ4n) is 5.51. The minimum absolute atomic E-state index is 0.156. The van der Waals surface area contributed by atoms with Crippen LogP contribution in [0.15, 0.2) is 59.7 Å². The van der Waals surface area contributed by atoms with Crippen molar-refractivity contribution in [3.8, 4) is 11.5 Å². The molecule has 7 nitrogen and oxygen atoms in total. The zero-order valence-electron chi connectivity index (χ0n) is 24.2. The first-order valence-electron chi connectivity index (χ1n) is 15.2. The van der Waals surface area contributed by atoms with Crippen molar-refractivity contribution < 1.29 is 23.7 Å². The highest BCUT2D eigenvalue weighted by atomic mass is 16.5. The van der Waals surface area contributed by atoms with Gasteiger partial charge in [-0.1, -0.05) is 24.3 Å². The molecule has 2 aliphatic heterocycles. The second kappa shape index (κ2) is 15.9. The van der Waals surface area contributed by atoms with Crippen molar-refractivity contribution in [2.24, 2.45) is 0 Å². The summed E-state index contributed by atoms with van der Waals surface area (Å²) in [5, 5.41) is 0. The van der Waals surface area contributed by atoms with Crippen molar-refractivity contribution in [2.75, 3.05) is 78.9 Å². The molecule has 1 aliphatic carbocycles. The predicted molar refractivity (Wildman–Crippen MR) is 162 cm³/mol. The fourth-order valence-corrected chi connectivity index (χ4v) is 5.51. The standard InChI is InChI=1S/C34H44N2O5/c37-34-30(26-28-6-10-32(11-7-28)40-20-2-14-35-16-22-38-23-17-35)4-1-5-31(34)27-29-8-12-33(13-9-29)41-21-3-15-36-18-24-39-25-19-36/h6-13,26-27H,1-5,14-25H2/b30-26+,31-27+. The van der Waals surface area contributed by atoms with Gasteiger partial charge in [-0.15, -0.1) is 0 Å². The summed E-state index contributed by atoms with van der Waals surface area (Å²) in [6.45, 7) is 10.8. The lowest BCUT2D eigenvalue weighted by Crippen LogP contribution is -2.37. The van der Waals surface area contributed by atoms with Gasteiger partial charge in [0.2, 0.25) is 0 Å². The number of nitrogens with zero attached hydrogens (tertiary/aromatic N) is 2. The van der Waals surface area contributed by atoms with Crippen molar-refractivity contribution in [1.82, 2.24) is 9.80 Å². The third-order valence-corrected chi connectivity index (χ3v) is 7.90. The Labute approximate surface area is 244 Å². The number of morpholine rings is 2. The molecule has 220 valence electrons. The van der Waals surface area contributed by atoms with E-state index in [0.717, 1.165) is 132 Å². The van der Waals surface area contributed by atoms with E-state index in [1.165, 1.54) is 0 Å². The Morgan fingerprint density at radius 2 is 1.05 bits per heavy atom. The molecule has 41 heavy (non-hydrogen) atoms. The first-order valence-corrected chi connectivity index (χ1v) is 15.2. The average Bonchev–Trinajstić information content (AvgIpc) is 3.02. The molecule has 0 atom stereocenters. The van der Waals surface area contributed by atoms with E-state index < -0.39 is 0 Å². The SMILES string of the molecule is O=C1/C(=C/c2ccc(OCCCN3CCOCC3)cc2)CCC/C1=C\c1ccc(OCCCN2CCOCC2)cc1. The molecule has 0 N–H and O–H groups in total. The molecule has 3 fully saturated rings. The largest absolute Gasteiger partial charge is 0.494 e. The number of carbonyl (C=O) groups excluding carboxylic acids is 1. The number of hydrogen-bond acceptors (Lipinski definition) is 7. The van der Waals surface area contributed by atoms with Crippen LogP contribution in [0.3, 0.4) is 0 Å². The zero-order valence-corrected chi connectivity index (χ0v) is 24.2. The van der Waals surface area contributed by atoms with Crippen LogP contribution < -0.4 is 9.47 Å². The zero-order chi connectivity index (χ0) is 28.1. The van der Waals surface area contributed by atoms with Gasteiger partial charge in [-0.3, -0.25) is 14.6 Å². The Morgan fingerprint density at radius 1 is 0.634 bits per heavy atom. The number of benzene rings is 2. The number of ketones is 1. The highest BCUT2D eigenvalue weighted by Crippen LogP contribution is 2.29. The molecular weight excluding hydrogens is 516 g/mol. The van der Waals surface area contributed by atoms with E-state index in [9.17, 15) is 4.79 Å². The van der Waals surface area contributed by atoms with Crippen LogP contribution in [0.25, 0.3) is 12.2 Å². The van der Waals surface area contributed by atoms with Gasteiger partial charge in [0, 0.05) is 50.4 Å². The smallest absolute Gasteiger partial charge is 0.185 e. The van der Waals surface area contributed by atoms with Crippen LogP contribution in [0.5, 0.6) is 11.5 Å². The molecule has 7 heteroatoms. The second-order valence-corrected chi connectivity index (χ2v) is 11.0. The summed E-state index contributed by atoms with van der Waals surface area (Å²) >= 11 is 0. The molecular formula is C34H44N2O5. The maximum absolute atomic E-state index is 13.3. The molecule has 0 spiro atoms. The topological polar surface area (TPSA) is 60.5 Å². The van der Waals surface area contributed by atoms with Gasteiger partial charge in [0.15, 0.2) is 5.78 Å². The van der Waals surface area contributed by atoms with Crippen LogP contribution in [-0.4, -0.2) is 94.5 Å². The van der Waals surface area contributed by atoms with Gasteiger partial charge in [0.1, 0.15) is 11.5 Å². The van der Waals surface area contributed by atoms with Crippen LogP contribution in [0.4, 0.5) is 0 Å². The number of hydrogen-bond donors (Lipinski definition) is 0. The van der Waals surface area contributed by atoms with Crippen LogP contribution in [0.2, 0.25) is 0 Å². The molecule has 0 radical (unpaired) electrons. The van der Waals surface area contributed by atoms with Gasteiger partial charge in [-0.2, -0.15) is 0 Å². The third kappa shape index (κ3) is 9.54. The molecule has 0 aromatic heterocycles. The molecule has 0 unspecified atom stereocenters. The lowest BCUT2D eigenvalue weighted by atomic mass is 9.87. The molecule has 2 aromatic rings. The molecule has 2 aromatic carbocycles. The fraction of sp³-hybridized carbons (Fsp3) is 0.500. The third-order valence-electron chi connectivity index (χ3n) is 7.90. The van der Waals surface area contributed by atoms with E-state index >= 15 is 0 Å². The summed E-state index contributed by atoms with van der Waals surface area (Å²) in [5.41, 5.74) is 3.82. The normalized spacial score (nSPS) is 20.9. The summed E-state index contributed by atoms with van der Waals surface area (Å²) in [6.07, 6.45) is 8.68. The van der Waals surface area contributed by atoms with Crippen LogP contribution in [0, 0.1) is 0 Å². The summed E-state index contributed by atoms with van der Waals surface area (Å²) in [6, 6.07) is 16.1. The summed E-state index contributed by atoms with van der Waals surface area (Å²) in [5.74, 6) is 1.89. The Bertz CT molecular complexity index is 1060. The Kier molecular flexibility index (Phi) is 11.4. The maximum Gasteiger partial charge on any atom is 0.185 e. The summed E-state index contributed by atoms with van der Waals surface area (Å²) in [4.78, 5) is 18.1. The molecule has 0 bridgehead atoms. The number of allylic oxidation sites excluding steroid dienone is 2. The lowest BCUT2D eigenvalue weighted by Gasteiger charge is -2.26. The van der Waals surface area contributed by atoms with Crippen LogP contribution in [-0.2, 0) is 14.3 Å². The Balaban J connectivity index is 1.07. The number of ether oxygens (including phenoxy) is 4. The second-order valence-electron chi connectivity index (χ2n) is 11.0. The molecule has 2 heterocycles. The minimum Gasteiger partial charge on any atom is -0.494 e. The van der Waals surface area contributed by atoms with Gasteiger partial charge in [-0.05, 0) is 79.6 Å². The first-order chi connectivity index (χ1) is 20.2. The van der Waals surface area contributed by atoms with E-state index in [2.05, 4.69) is 9.80 Å². The van der Waals surface area contributed by atoms with Gasteiger partial charge in [0.25, 0.3) is 0 Å².